The molecule has 0 saturated carbocycles. The molecule has 2 aromatic rings. The van der Waals surface area contributed by atoms with Crippen LogP contribution in [0.3, 0.4) is 0 Å². The summed E-state index contributed by atoms with van der Waals surface area (Å²) >= 11 is 12.1. The number of nitrogens with one attached hydrogen (secondary N) is 1. The zero-order chi connectivity index (χ0) is 20.0. The normalized spacial score (nSPS) is 11.7. The second-order valence-electron chi connectivity index (χ2n) is 6.37. The van der Waals surface area contributed by atoms with Gasteiger partial charge in [-0.2, -0.15) is 5.10 Å². The molecule has 8 heteroatoms. The minimum atomic E-state index is 0.556. The molecule has 0 amide bonds. The molecule has 0 radical (unpaired) electrons. The highest BCUT2D eigenvalue weighted by molar-refractivity contribution is 6.42. The molecule has 1 N–H and O–H groups in total. The van der Waals surface area contributed by atoms with Crippen LogP contribution < -0.4 is 5.32 Å². The number of halogens is 2. The van der Waals surface area contributed by atoms with Crippen molar-refractivity contribution in [2.75, 3.05) is 27.8 Å². The molecule has 148 valence electrons. The lowest BCUT2D eigenvalue weighted by atomic mass is 10.2. The van der Waals surface area contributed by atoms with Crippen LogP contribution in [0.2, 0.25) is 10.0 Å². The second-order valence-corrected chi connectivity index (χ2v) is 7.19. The van der Waals surface area contributed by atoms with Crippen LogP contribution in [-0.2, 0) is 24.4 Å². The number of aryl methyl sites for hydroxylation is 1. The summed E-state index contributed by atoms with van der Waals surface area (Å²) in [6.45, 7) is 6.81. The van der Waals surface area contributed by atoms with Crippen molar-refractivity contribution in [2.45, 2.75) is 33.5 Å². The summed E-state index contributed by atoms with van der Waals surface area (Å²) in [7, 11) is 5.46. The molecular weight excluding hydrogens is 385 g/mol. The molecule has 0 unspecified atom stereocenters. The maximum Gasteiger partial charge on any atom is 0.193 e. The van der Waals surface area contributed by atoms with Gasteiger partial charge >= 0.3 is 0 Å². The van der Waals surface area contributed by atoms with Crippen LogP contribution in [0.4, 0.5) is 0 Å². The van der Waals surface area contributed by atoms with Crippen LogP contribution in [-0.4, -0.2) is 48.5 Å². The van der Waals surface area contributed by atoms with Crippen molar-refractivity contribution >= 4 is 29.2 Å². The molecule has 0 aliphatic carbocycles. The number of aliphatic imine (C=N–C) groups is 1. The summed E-state index contributed by atoms with van der Waals surface area (Å²) in [5, 5.41) is 9.13. The topological polar surface area (TPSA) is 54.7 Å². The highest BCUT2D eigenvalue weighted by Gasteiger charge is 2.13. The molecule has 0 atom stereocenters. The van der Waals surface area contributed by atoms with Crippen molar-refractivity contribution in [2.24, 2.45) is 4.99 Å². The summed E-state index contributed by atoms with van der Waals surface area (Å²) in [5.74, 6) is 0.796. The largest absolute Gasteiger partial charge is 0.383 e. The van der Waals surface area contributed by atoms with Gasteiger partial charge in [0, 0.05) is 45.6 Å². The third-order valence-electron chi connectivity index (χ3n) is 4.44. The Morgan fingerprint density at radius 1 is 1.30 bits per heavy atom. The first kappa shape index (κ1) is 21.5. The zero-order valence-corrected chi connectivity index (χ0v) is 18.0. The number of methoxy groups -OCH3 is 1. The van der Waals surface area contributed by atoms with E-state index in [4.69, 9.17) is 27.9 Å². The quantitative estimate of drug-likeness (QED) is 0.557. The molecule has 6 nitrogen and oxygen atoms in total. The third kappa shape index (κ3) is 5.61. The fourth-order valence-corrected chi connectivity index (χ4v) is 3.24. The van der Waals surface area contributed by atoms with Gasteiger partial charge in [-0.1, -0.05) is 29.3 Å². The molecule has 1 aromatic carbocycles. The molecule has 0 bridgehead atoms. The summed E-state index contributed by atoms with van der Waals surface area (Å²) in [5.41, 5.74) is 4.39. The fraction of sp³-hybridized carbons (Fsp3) is 0.474. The predicted molar refractivity (Wildman–Crippen MR) is 112 cm³/mol. The summed E-state index contributed by atoms with van der Waals surface area (Å²) < 4.78 is 7.13. The number of aromatic nitrogens is 2. The molecule has 27 heavy (non-hydrogen) atoms. The van der Waals surface area contributed by atoms with E-state index in [9.17, 15) is 0 Å². The van der Waals surface area contributed by atoms with E-state index in [2.05, 4.69) is 22.3 Å². The smallest absolute Gasteiger partial charge is 0.193 e. The van der Waals surface area contributed by atoms with Crippen molar-refractivity contribution in [3.05, 3.63) is 50.8 Å². The second kappa shape index (κ2) is 9.97. The van der Waals surface area contributed by atoms with E-state index >= 15 is 0 Å². The van der Waals surface area contributed by atoms with Gasteiger partial charge in [-0.15, -0.1) is 0 Å². The molecule has 0 fully saturated rings. The van der Waals surface area contributed by atoms with Crippen molar-refractivity contribution in [3.8, 4) is 0 Å². The molecular formula is C19H27Cl2N5O. The monoisotopic (exact) mass is 411 g/mol. The third-order valence-corrected chi connectivity index (χ3v) is 5.18. The zero-order valence-electron chi connectivity index (χ0n) is 16.5. The van der Waals surface area contributed by atoms with E-state index in [1.165, 1.54) is 5.56 Å². The average Bonchev–Trinajstić information content (AvgIpc) is 2.90. The molecule has 0 aliphatic heterocycles. The molecule has 0 spiro atoms. The molecule has 1 heterocycles. The lowest BCUT2D eigenvalue weighted by Crippen LogP contribution is -2.38. The number of benzene rings is 1. The molecule has 1 aromatic heterocycles. The van der Waals surface area contributed by atoms with E-state index < -0.39 is 0 Å². The number of rotatable bonds is 7. The molecule has 2 rings (SSSR count). The van der Waals surface area contributed by atoms with E-state index in [1.807, 2.05) is 41.8 Å². The van der Waals surface area contributed by atoms with Gasteiger partial charge in [0.05, 0.1) is 28.9 Å². The van der Waals surface area contributed by atoms with E-state index in [0.717, 1.165) is 29.5 Å². The Morgan fingerprint density at radius 3 is 2.67 bits per heavy atom. The fourth-order valence-electron chi connectivity index (χ4n) is 2.92. The summed E-state index contributed by atoms with van der Waals surface area (Å²) in [4.78, 5) is 6.42. The van der Waals surface area contributed by atoms with Gasteiger partial charge in [0.25, 0.3) is 0 Å². The van der Waals surface area contributed by atoms with Gasteiger partial charge in [-0.3, -0.25) is 9.67 Å². The van der Waals surface area contributed by atoms with Gasteiger partial charge < -0.3 is 15.0 Å². The Balaban J connectivity index is 2.02. The van der Waals surface area contributed by atoms with Gasteiger partial charge in [-0.05, 0) is 31.5 Å². The van der Waals surface area contributed by atoms with Crippen LogP contribution in [0.1, 0.15) is 22.5 Å². The van der Waals surface area contributed by atoms with Crippen molar-refractivity contribution in [1.82, 2.24) is 20.0 Å². The predicted octanol–water partition coefficient (Wildman–Crippen LogP) is 3.66. The van der Waals surface area contributed by atoms with Gasteiger partial charge in [-0.25, -0.2) is 0 Å². The average molecular weight is 412 g/mol. The lowest BCUT2D eigenvalue weighted by Gasteiger charge is -2.22. The Labute approximate surface area is 171 Å². The van der Waals surface area contributed by atoms with E-state index in [0.29, 0.717) is 29.7 Å². The Hall–Kier alpha value is -1.76. The van der Waals surface area contributed by atoms with Gasteiger partial charge in [0.15, 0.2) is 5.96 Å². The number of hydrogen-bond donors (Lipinski definition) is 1. The first-order valence-electron chi connectivity index (χ1n) is 8.74. The maximum atomic E-state index is 6.11. The first-order valence-corrected chi connectivity index (χ1v) is 9.50. The first-order chi connectivity index (χ1) is 12.9. The molecule has 0 aliphatic rings. The number of hydrogen-bond acceptors (Lipinski definition) is 3. The van der Waals surface area contributed by atoms with Gasteiger partial charge in [0.1, 0.15) is 0 Å². The van der Waals surface area contributed by atoms with Crippen LogP contribution >= 0.6 is 23.2 Å². The number of ether oxygens (including phenoxy) is 1. The molecule has 0 saturated heterocycles. The van der Waals surface area contributed by atoms with Crippen molar-refractivity contribution in [1.29, 1.82) is 0 Å². The van der Waals surface area contributed by atoms with Crippen molar-refractivity contribution in [3.63, 3.8) is 0 Å². The minimum absolute atomic E-state index is 0.556. The minimum Gasteiger partial charge on any atom is -0.383 e. The van der Waals surface area contributed by atoms with E-state index in [-0.39, 0.29) is 0 Å². The van der Waals surface area contributed by atoms with Crippen LogP contribution in [0.5, 0.6) is 0 Å². The van der Waals surface area contributed by atoms with Crippen molar-refractivity contribution < 1.29 is 4.74 Å². The summed E-state index contributed by atoms with van der Waals surface area (Å²) in [6.07, 6.45) is 0. The Kier molecular flexibility index (Phi) is 7.95. The Morgan fingerprint density at radius 2 is 2.04 bits per heavy atom. The SMILES string of the molecule is CN=C(NCc1c(C)nn(CCOC)c1C)N(C)Cc1ccc(Cl)c(Cl)c1. The summed E-state index contributed by atoms with van der Waals surface area (Å²) in [6, 6.07) is 5.65. The highest BCUT2D eigenvalue weighted by Crippen LogP contribution is 2.23. The van der Waals surface area contributed by atoms with Crippen LogP contribution in [0.15, 0.2) is 23.2 Å². The number of guanidine groups is 1. The standard InChI is InChI=1S/C19H27Cl2N5O/c1-13-16(14(2)26(24-13)8-9-27-5)11-23-19(22-3)25(4)12-15-6-7-17(20)18(21)10-15/h6-7,10H,8-9,11-12H2,1-5H3,(H,22,23). The maximum absolute atomic E-state index is 6.11. The van der Waals surface area contributed by atoms with Gasteiger partial charge in [0.2, 0.25) is 0 Å². The Bertz CT molecular complexity index is 804. The van der Waals surface area contributed by atoms with Crippen LogP contribution in [0.25, 0.3) is 0 Å². The lowest BCUT2D eigenvalue weighted by molar-refractivity contribution is 0.182. The highest BCUT2D eigenvalue weighted by atomic mass is 35.5. The number of nitrogens with zero attached hydrogens (tertiary/aromatic N) is 4. The van der Waals surface area contributed by atoms with E-state index in [1.54, 1.807) is 14.2 Å². The van der Waals surface area contributed by atoms with Crippen LogP contribution in [0, 0.1) is 13.8 Å².